The minimum absolute atomic E-state index is 0.263. The quantitative estimate of drug-likeness (QED) is 0.540. The molecule has 1 saturated heterocycles. The van der Waals surface area contributed by atoms with Gasteiger partial charge in [0.25, 0.3) is 0 Å². The summed E-state index contributed by atoms with van der Waals surface area (Å²) in [6.45, 7) is -0.243. The van der Waals surface area contributed by atoms with E-state index in [4.69, 9.17) is 5.11 Å². The van der Waals surface area contributed by atoms with Crippen LogP contribution in [0.25, 0.3) is 0 Å². The summed E-state index contributed by atoms with van der Waals surface area (Å²) in [4.78, 5) is 10.3. The number of aliphatic carboxylic acids is 1. The Hall–Kier alpha value is -0.640. The van der Waals surface area contributed by atoms with Crippen molar-refractivity contribution in [3.05, 3.63) is 0 Å². The highest BCUT2D eigenvalue weighted by atomic mass is 19.1. The standard InChI is InChI=1S/C5H8FNO2/c6-1-5(4(8)9)2-7-3-5/h7H,1-3H2,(H,8,9). The first kappa shape index (κ1) is 6.48. The number of alkyl halides is 1. The Morgan fingerprint density at radius 2 is 2.33 bits per heavy atom. The second-order valence-electron chi connectivity index (χ2n) is 2.32. The third-order valence-corrected chi connectivity index (χ3v) is 1.64. The van der Waals surface area contributed by atoms with Crippen molar-refractivity contribution in [2.45, 2.75) is 0 Å². The minimum Gasteiger partial charge on any atom is -0.481 e. The van der Waals surface area contributed by atoms with Crippen LogP contribution in [0.15, 0.2) is 0 Å². The molecule has 4 heteroatoms. The number of halogens is 1. The van der Waals surface area contributed by atoms with Crippen molar-refractivity contribution in [2.75, 3.05) is 19.8 Å². The maximum absolute atomic E-state index is 11.9. The molecular weight excluding hydrogens is 125 g/mol. The molecule has 0 atom stereocenters. The molecule has 2 N–H and O–H groups in total. The maximum Gasteiger partial charge on any atom is 0.314 e. The van der Waals surface area contributed by atoms with Crippen molar-refractivity contribution in [1.82, 2.24) is 5.32 Å². The fourth-order valence-electron chi connectivity index (χ4n) is 0.730. The Morgan fingerprint density at radius 1 is 1.78 bits per heavy atom. The molecule has 3 nitrogen and oxygen atoms in total. The number of hydrogen-bond donors (Lipinski definition) is 2. The van der Waals surface area contributed by atoms with Crippen LogP contribution in [-0.4, -0.2) is 30.8 Å². The molecule has 0 radical (unpaired) electrons. The maximum atomic E-state index is 11.9. The first-order valence-corrected chi connectivity index (χ1v) is 2.71. The van der Waals surface area contributed by atoms with E-state index in [9.17, 15) is 9.18 Å². The zero-order valence-corrected chi connectivity index (χ0v) is 4.85. The van der Waals surface area contributed by atoms with Gasteiger partial charge in [-0.05, 0) is 0 Å². The lowest BCUT2D eigenvalue weighted by Gasteiger charge is -2.35. The third kappa shape index (κ3) is 0.790. The first-order chi connectivity index (χ1) is 4.21. The van der Waals surface area contributed by atoms with Crippen LogP contribution in [0, 0.1) is 5.41 Å². The van der Waals surface area contributed by atoms with Gasteiger partial charge in [0.2, 0.25) is 0 Å². The van der Waals surface area contributed by atoms with Crippen LogP contribution < -0.4 is 5.32 Å². The Bertz CT molecular complexity index is 127. The smallest absolute Gasteiger partial charge is 0.314 e. The lowest BCUT2D eigenvalue weighted by atomic mass is 9.83. The van der Waals surface area contributed by atoms with E-state index in [0.717, 1.165) is 0 Å². The Morgan fingerprint density at radius 3 is 2.33 bits per heavy atom. The molecule has 0 aliphatic carbocycles. The normalized spacial score (nSPS) is 22.8. The van der Waals surface area contributed by atoms with E-state index in [-0.39, 0.29) is 13.1 Å². The molecule has 0 aromatic carbocycles. The fourth-order valence-corrected chi connectivity index (χ4v) is 0.730. The van der Waals surface area contributed by atoms with E-state index in [2.05, 4.69) is 5.32 Å². The summed E-state index contributed by atoms with van der Waals surface area (Å²) in [6, 6.07) is 0. The fraction of sp³-hybridized carbons (Fsp3) is 0.800. The summed E-state index contributed by atoms with van der Waals surface area (Å²) in [5.41, 5.74) is -1.10. The molecule has 52 valence electrons. The number of carbonyl (C=O) groups is 1. The second-order valence-corrected chi connectivity index (χ2v) is 2.32. The van der Waals surface area contributed by atoms with Gasteiger partial charge in [-0.25, -0.2) is 4.39 Å². The molecule has 1 fully saturated rings. The first-order valence-electron chi connectivity index (χ1n) is 2.71. The zero-order valence-electron chi connectivity index (χ0n) is 4.85. The van der Waals surface area contributed by atoms with E-state index in [1.807, 2.05) is 0 Å². The van der Waals surface area contributed by atoms with Gasteiger partial charge >= 0.3 is 5.97 Å². The summed E-state index contributed by atoms with van der Waals surface area (Å²) in [5, 5.41) is 11.1. The van der Waals surface area contributed by atoms with E-state index in [1.54, 1.807) is 0 Å². The molecule has 0 saturated carbocycles. The SMILES string of the molecule is O=C(O)C1(CF)CNC1. The van der Waals surface area contributed by atoms with E-state index in [0.29, 0.717) is 0 Å². The van der Waals surface area contributed by atoms with Crippen LogP contribution >= 0.6 is 0 Å². The molecule has 0 amide bonds. The number of carboxylic acids is 1. The van der Waals surface area contributed by atoms with Crippen molar-refractivity contribution in [1.29, 1.82) is 0 Å². The van der Waals surface area contributed by atoms with Crippen LogP contribution in [0.5, 0.6) is 0 Å². The molecule has 1 aliphatic heterocycles. The van der Waals surface area contributed by atoms with Gasteiger partial charge in [0.1, 0.15) is 12.1 Å². The van der Waals surface area contributed by atoms with Gasteiger partial charge in [-0.2, -0.15) is 0 Å². The number of nitrogens with one attached hydrogen (secondary N) is 1. The number of hydrogen-bond acceptors (Lipinski definition) is 2. The van der Waals surface area contributed by atoms with Crippen molar-refractivity contribution in [2.24, 2.45) is 5.41 Å². The summed E-state index contributed by atoms with van der Waals surface area (Å²) >= 11 is 0. The largest absolute Gasteiger partial charge is 0.481 e. The molecule has 0 spiro atoms. The predicted octanol–water partition coefficient (Wildman–Crippen LogP) is -0.370. The number of rotatable bonds is 2. The zero-order chi connectivity index (χ0) is 6.91. The molecule has 9 heavy (non-hydrogen) atoms. The van der Waals surface area contributed by atoms with Gasteiger partial charge in [0.15, 0.2) is 0 Å². The average Bonchev–Trinajstić information content (AvgIpc) is 1.62. The molecular formula is C5H8FNO2. The predicted molar refractivity (Wildman–Crippen MR) is 28.9 cm³/mol. The van der Waals surface area contributed by atoms with Gasteiger partial charge in [-0.15, -0.1) is 0 Å². The second kappa shape index (κ2) is 1.95. The van der Waals surface area contributed by atoms with Crippen LogP contribution in [-0.2, 0) is 4.79 Å². The summed E-state index contributed by atoms with van der Waals surface area (Å²) in [5.74, 6) is -1.04. The topological polar surface area (TPSA) is 49.3 Å². The van der Waals surface area contributed by atoms with Crippen LogP contribution in [0.1, 0.15) is 0 Å². The van der Waals surface area contributed by atoms with Crippen molar-refractivity contribution < 1.29 is 14.3 Å². The van der Waals surface area contributed by atoms with Crippen molar-refractivity contribution in [3.63, 3.8) is 0 Å². The molecule has 0 aromatic heterocycles. The lowest BCUT2D eigenvalue weighted by Crippen LogP contribution is -2.59. The van der Waals surface area contributed by atoms with Crippen LogP contribution in [0.2, 0.25) is 0 Å². The minimum atomic E-state index is -1.10. The highest BCUT2D eigenvalue weighted by Crippen LogP contribution is 2.22. The van der Waals surface area contributed by atoms with E-state index >= 15 is 0 Å². The average molecular weight is 133 g/mol. The van der Waals surface area contributed by atoms with Crippen molar-refractivity contribution >= 4 is 5.97 Å². The van der Waals surface area contributed by atoms with Gasteiger partial charge < -0.3 is 10.4 Å². The molecule has 1 heterocycles. The summed E-state index contributed by atoms with van der Waals surface area (Å²) < 4.78 is 11.9. The molecule has 1 rings (SSSR count). The Labute approximate surface area is 51.9 Å². The molecule has 0 aromatic rings. The monoisotopic (exact) mass is 133 g/mol. The highest BCUT2D eigenvalue weighted by molar-refractivity contribution is 5.76. The van der Waals surface area contributed by atoms with Crippen LogP contribution in [0.4, 0.5) is 4.39 Å². The van der Waals surface area contributed by atoms with Gasteiger partial charge in [0.05, 0.1) is 0 Å². The van der Waals surface area contributed by atoms with Crippen LogP contribution in [0.3, 0.4) is 0 Å². The molecule has 0 unspecified atom stereocenters. The van der Waals surface area contributed by atoms with Gasteiger partial charge in [0, 0.05) is 13.1 Å². The molecule has 0 bridgehead atoms. The Kier molecular flexibility index (Phi) is 1.40. The third-order valence-electron chi connectivity index (χ3n) is 1.64. The van der Waals surface area contributed by atoms with E-state index in [1.165, 1.54) is 0 Å². The summed E-state index contributed by atoms with van der Waals surface area (Å²) in [7, 11) is 0. The Balaban J connectivity index is 2.57. The van der Waals surface area contributed by atoms with Crippen molar-refractivity contribution in [3.8, 4) is 0 Å². The van der Waals surface area contributed by atoms with E-state index < -0.39 is 18.1 Å². The molecule has 1 aliphatic rings. The van der Waals surface area contributed by atoms with Gasteiger partial charge in [-0.3, -0.25) is 4.79 Å². The highest BCUT2D eigenvalue weighted by Gasteiger charge is 2.44. The lowest BCUT2D eigenvalue weighted by molar-refractivity contribution is -0.153. The van der Waals surface area contributed by atoms with Gasteiger partial charge in [-0.1, -0.05) is 0 Å². The summed E-state index contributed by atoms with van der Waals surface area (Å²) in [6.07, 6.45) is 0. The number of carboxylic acid groups (broad SMARTS) is 1.